The molecule has 0 radical (unpaired) electrons. The van der Waals surface area contributed by atoms with Gasteiger partial charge in [0.05, 0.1) is 11.1 Å². The molecule has 1 aromatic heterocycles. The number of oxime groups is 1. The lowest BCUT2D eigenvalue weighted by Crippen LogP contribution is -2.38. The van der Waals surface area contributed by atoms with Crippen LogP contribution in [0.2, 0.25) is 5.02 Å². The molecular weight excluding hydrogens is 424 g/mol. The van der Waals surface area contributed by atoms with Gasteiger partial charge in [0.1, 0.15) is 0 Å². The van der Waals surface area contributed by atoms with Crippen LogP contribution in [-0.4, -0.2) is 15.9 Å². The highest BCUT2D eigenvalue weighted by Crippen LogP contribution is 2.43. The van der Waals surface area contributed by atoms with Gasteiger partial charge in [-0.15, -0.1) is 0 Å². The third-order valence-electron chi connectivity index (χ3n) is 4.89. The summed E-state index contributed by atoms with van der Waals surface area (Å²) in [5.74, 6) is 0. The van der Waals surface area contributed by atoms with Crippen molar-refractivity contribution >= 4 is 33.2 Å². The number of halogens is 2. The van der Waals surface area contributed by atoms with E-state index in [4.69, 9.17) is 11.6 Å². The van der Waals surface area contributed by atoms with Crippen LogP contribution in [0.25, 0.3) is 0 Å². The largest absolute Gasteiger partial charge is 0.411 e. The number of rotatable bonds is 4. The zero-order valence-electron chi connectivity index (χ0n) is 15.4. The Morgan fingerprint density at radius 2 is 1.74 bits per heavy atom. The third kappa shape index (κ3) is 3.52. The van der Waals surface area contributed by atoms with Crippen molar-refractivity contribution in [3.8, 4) is 0 Å². The first-order chi connectivity index (χ1) is 12.9. The van der Waals surface area contributed by atoms with Crippen LogP contribution in [-0.2, 0) is 5.41 Å². The van der Waals surface area contributed by atoms with Crippen LogP contribution >= 0.6 is 27.5 Å². The highest BCUT2D eigenvalue weighted by molar-refractivity contribution is 9.10. The van der Waals surface area contributed by atoms with E-state index in [9.17, 15) is 5.21 Å². The van der Waals surface area contributed by atoms with Gasteiger partial charge in [-0.3, -0.25) is 4.98 Å². The SMILES string of the molecule is CC(=NO)C(c1ccc(Br)cc1)(c1ccnc(C)c1)c1ccc(Cl)cc1C. The van der Waals surface area contributed by atoms with Crippen molar-refractivity contribution < 1.29 is 5.21 Å². The maximum atomic E-state index is 9.86. The van der Waals surface area contributed by atoms with E-state index in [0.29, 0.717) is 10.7 Å². The van der Waals surface area contributed by atoms with E-state index in [-0.39, 0.29) is 0 Å². The maximum Gasteiger partial charge on any atom is 0.0868 e. The molecule has 0 aliphatic heterocycles. The van der Waals surface area contributed by atoms with E-state index in [2.05, 4.69) is 26.1 Å². The Hall–Kier alpha value is -2.17. The Kier molecular flexibility index (Phi) is 5.68. The lowest BCUT2D eigenvalue weighted by molar-refractivity contribution is 0.315. The second kappa shape index (κ2) is 7.83. The topological polar surface area (TPSA) is 45.5 Å². The van der Waals surface area contributed by atoms with Crippen LogP contribution in [0.15, 0.2) is 70.4 Å². The number of hydrogen-bond acceptors (Lipinski definition) is 3. The highest BCUT2D eigenvalue weighted by Gasteiger charge is 2.41. The molecule has 1 heterocycles. The van der Waals surface area contributed by atoms with Crippen LogP contribution in [0.1, 0.15) is 34.9 Å². The van der Waals surface area contributed by atoms with E-state index in [1.165, 1.54) is 0 Å². The third-order valence-corrected chi connectivity index (χ3v) is 5.66. The smallest absolute Gasteiger partial charge is 0.0868 e. The number of nitrogens with zero attached hydrogens (tertiary/aromatic N) is 2. The minimum Gasteiger partial charge on any atom is -0.411 e. The molecule has 5 heteroatoms. The molecule has 0 spiro atoms. The van der Waals surface area contributed by atoms with Gasteiger partial charge >= 0.3 is 0 Å². The molecule has 1 unspecified atom stereocenters. The van der Waals surface area contributed by atoms with Gasteiger partial charge in [-0.25, -0.2) is 0 Å². The zero-order chi connectivity index (χ0) is 19.6. The molecule has 1 N–H and O–H groups in total. The van der Waals surface area contributed by atoms with Crippen LogP contribution in [0.3, 0.4) is 0 Å². The minimum absolute atomic E-state index is 0.570. The first-order valence-corrected chi connectivity index (χ1v) is 9.71. The molecule has 0 bridgehead atoms. The van der Waals surface area contributed by atoms with Gasteiger partial charge in [-0.2, -0.15) is 0 Å². The van der Waals surface area contributed by atoms with E-state index in [1.54, 1.807) is 6.20 Å². The summed E-state index contributed by atoms with van der Waals surface area (Å²) < 4.78 is 0.984. The molecule has 138 valence electrons. The fraction of sp³-hybridized carbons (Fsp3) is 0.182. The molecule has 0 fully saturated rings. The van der Waals surface area contributed by atoms with Crippen molar-refractivity contribution in [1.82, 2.24) is 4.98 Å². The van der Waals surface area contributed by atoms with Gasteiger partial charge in [0.2, 0.25) is 0 Å². The molecule has 3 nitrogen and oxygen atoms in total. The summed E-state index contributed by atoms with van der Waals surface area (Å²) >= 11 is 9.73. The predicted molar refractivity (Wildman–Crippen MR) is 114 cm³/mol. The fourth-order valence-corrected chi connectivity index (χ4v) is 4.18. The van der Waals surface area contributed by atoms with E-state index >= 15 is 0 Å². The summed E-state index contributed by atoms with van der Waals surface area (Å²) in [5.41, 5.74) is 4.71. The van der Waals surface area contributed by atoms with Gasteiger partial charge in [-0.05, 0) is 79.4 Å². The molecule has 0 aliphatic rings. The summed E-state index contributed by atoms with van der Waals surface area (Å²) in [6.45, 7) is 5.81. The Bertz CT molecular complexity index is 1000. The summed E-state index contributed by atoms with van der Waals surface area (Å²) in [7, 11) is 0. The van der Waals surface area contributed by atoms with Gasteiger partial charge in [0, 0.05) is 21.4 Å². The summed E-state index contributed by atoms with van der Waals surface area (Å²) in [4.78, 5) is 4.35. The van der Waals surface area contributed by atoms with Crippen molar-refractivity contribution in [2.24, 2.45) is 5.16 Å². The molecule has 0 amide bonds. The van der Waals surface area contributed by atoms with Crippen molar-refractivity contribution in [2.75, 3.05) is 0 Å². The lowest BCUT2D eigenvalue weighted by Gasteiger charge is -2.36. The van der Waals surface area contributed by atoms with Crippen LogP contribution in [0.5, 0.6) is 0 Å². The monoisotopic (exact) mass is 442 g/mol. The lowest BCUT2D eigenvalue weighted by atomic mass is 9.65. The van der Waals surface area contributed by atoms with Gasteiger partial charge in [-0.1, -0.05) is 50.9 Å². The van der Waals surface area contributed by atoms with Gasteiger partial charge < -0.3 is 5.21 Å². The first kappa shape index (κ1) is 19.6. The number of hydrogen-bond donors (Lipinski definition) is 1. The normalized spacial score (nSPS) is 14.0. The number of benzene rings is 2. The number of aromatic nitrogens is 1. The van der Waals surface area contributed by atoms with E-state index < -0.39 is 5.41 Å². The fourth-order valence-electron chi connectivity index (χ4n) is 3.69. The van der Waals surface area contributed by atoms with E-state index in [0.717, 1.165) is 32.4 Å². The second-order valence-electron chi connectivity index (χ2n) is 6.59. The van der Waals surface area contributed by atoms with Gasteiger partial charge in [0.15, 0.2) is 0 Å². The molecule has 2 aromatic carbocycles. The molecular formula is C22H20BrClN2O. The van der Waals surface area contributed by atoms with Crippen LogP contribution in [0.4, 0.5) is 0 Å². The van der Waals surface area contributed by atoms with Crippen molar-refractivity contribution in [1.29, 1.82) is 0 Å². The molecule has 0 aliphatic carbocycles. The minimum atomic E-state index is -0.766. The Morgan fingerprint density at radius 3 is 2.33 bits per heavy atom. The van der Waals surface area contributed by atoms with Crippen molar-refractivity contribution in [3.05, 3.63) is 98.2 Å². The quantitative estimate of drug-likeness (QED) is 0.292. The molecule has 3 aromatic rings. The summed E-state index contributed by atoms with van der Waals surface area (Å²) in [6, 6.07) is 17.9. The first-order valence-electron chi connectivity index (χ1n) is 8.54. The molecule has 0 saturated carbocycles. The van der Waals surface area contributed by atoms with E-state index in [1.807, 2.05) is 75.4 Å². The number of pyridine rings is 1. The average molecular weight is 444 g/mol. The summed E-state index contributed by atoms with van der Waals surface area (Å²) in [6.07, 6.45) is 1.79. The predicted octanol–water partition coefficient (Wildman–Crippen LogP) is 6.30. The number of aryl methyl sites for hydroxylation is 2. The highest BCUT2D eigenvalue weighted by atomic mass is 79.9. The van der Waals surface area contributed by atoms with Crippen LogP contribution in [0, 0.1) is 13.8 Å². The van der Waals surface area contributed by atoms with Crippen molar-refractivity contribution in [3.63, 3.8) is 0 Å². The standard InChI is InChI=1S/C22H20BrClN2O/c1-14-12-20(24)8-9-21(14)22(16(3)26-27,17-4-6-19(23)7-5-17)18-10-11-25-15(2)13-18/h4-13,27H,1-3H3. The molecule has 0 saturated heterocycles. The van der Waals surface area contributed by atoms with Crippen LogP contribution < -0.4 is 0 Å². The maximum absolute atomic E-state index is 9.86. The molecule has 1 atom stereocenters. The Balaban J connectivity index is 2.47. The summed E-state index contributed by atoms with van der Waals surface area (Å²) in [5, 5.41) is 14.2. The molecule has 3 rings (SSSR count). The van der Waals surface area contributed by atoms with Crippen molar-refractivity contribution in [2.45, 2.75) is 26.2 Å². The van der Waals surface area contributed by atoms with Gasteiger partial charge in [0.25, 0.3) is 0 Å². The molecule has 27 heavy (non-hydrogen) atoms. The Labute approximate surface area is 172 Å². The Morgan fingerprint density at radius 1 is 1.04 bits per heavy atom. The zero-order valence-corrected chi connectivity index (χ0v) is 17.7. The average Bonchev–Trinajstić information content (AvgIpc) is 2.65. The second-order valence-corrected chi connectivity index (χ2v) is 7.94.